The average Bonchev–Trinajstić information content (AvgIpc) is 3.00. The summed E-state index contributed by atoms with van der Waals surface area (Å²) in [6.07, 6.45) is 5.23. The molecule has 6 heteroatoms. The highest BCUT2D eigenvalue weighted by Crippen LogP contribution is 2.15. The van der Waals surface area contributed by atoms with Crippen LogP contribution in [0.2, 0.25) is 0 Å². The molecule has 0 saturated heterocycles. The van der Waals surface area contributed by atoms with Crippen LogP contribution in [0.1, 0.15) is 31.7 Å². The van der Waals surface area contributed by atoms with Crippen molar-refractivity contribution in [3.05, 3.63) is 42.2 Å². The van der Waals surface area contributed by atoms with Crippen molar-refractivity contribution in [1.29, 1.82) is 0 Å². The normalized spacial score (nSPS) is 10.6. The first-order valence-corrected chi connectivity index (χ1v) is 8.59. The van der Waals surface area contributed by atoms with Gasteiger partial charge in [-0.25, -0.2) is 0 Å². The third-order valence-corrected chi connectivity index (χ3v) is 4.23. The number of rotatable bonds is 9. The fourth-order valence-corrected chi connectivity index (χ4v) is 2.79. The first-order chi connectivity index (χ1) is 10.8. The number of aryl methyl sites for hydroxylation is 1. The lowest BCUT2D eigenvalue weighted by atomic mass is 10.2. The van der Waals surface area contributed by atoms with Gasteiger partial charge in [0.05, 0.1) is 5.75 Å². The van der Waals surface area contributed by atoms with Crippen molar-refractivity contribution in [3.8, 4) is 0 Å². The summed E-state index contributed by atoms with van der Waals surface area (Å²) in [6, 6.07) is 9.89. The topological polar surface area (TPSA) is 59.8 Å². The van der Waals surface area contributed by atoms with Gasteiger partial charge in [0, 0.05) is 13.1 Å². The van der Waals surface area contributed by atoms with Gasteiger partial charge in [-0.3, -0.25) is 4.79 Å². The SMILES string of the molecule is CCCCCn1cnnc1SCC(=O)NCc1ccccc1. The van der Waals surface area contributed by atoms with E-state index in [1.54, 1.807) is 6.33 Å². The quantitative estimate of drug-likeness (QED) is 0.570. The lowest BCUT2D eigenvalue weighted by molar-refractivity contribution is -0.118. The second-order valence-corrected chi connectivity index (χ2v) is 6.01. The van der Waals surface area contributed by atoms with Crippen LogP contribution in [-0.4, -0.2) is 26.4 Å². The van der Waals surface area contributed by atoms with Gasteiger partial charge in [0.1, 0.15) is 6.33 Å². The smallest absolute Gasteiger partial charge is 0.230 e. The fraction of sp³-hybridized carbons (Fsp3) is 0.438. The Labute approximate surface area is 135 Å². The molecule has 2 aromatic rings. The Kier molecular flexibility index (Phi) is 6.96. The van der Waals surface area contributed by atoms with E-state index in [2.05, 4.69) is 22.4 Å². The number of carbonyl (C=O) groups is 1. The zero-order valence-corrected chi connectivity index (χ0v) is 13.7. The van der Waals surface area contributed by atoms with Crippen molar-refractivity contribution >= 4 is 17.7 Å². The first kappa shape index (κ1) is 16.5. The van der Waals surface area contributed by atoms with Crippen molar-refractivity contribution in [2.45, 2.75) is 44.4 Å². The molecule has 0 radical (unpaired) electrons. The predicted octanol–water partition coefficient (Wildman–Crippen LogP) is 2.88. The molecule has 2 rings (SSSR count). The highest BCUT2D eigenvalue weighted by molar-refractivity contribution is 7.99. The summed E-state index contributed by atoms with van der Waals surface area (Å²) in [6.45, 7) is 3.65. The number of carbonyl (C=O) groups excluding carboxylic acids is 1. The van der Waals surface area contributed by atoms with E-state index in [1.165, 1.54) is 24.6 Å². The third-order valence-electron chi connectivity index (χ3n) is 3.25. The number of hydrogen-bond donors (Lipinski definition) is 1. The fourth-order valence-electron chi connectivity index (χ4n) is 2.02. The molecular formula is C16H22N4OS. The molecule has 0 fully saturated rings. The van der Waals surface area contributed by atoms with E-state index in [0.29, 0.717) is 12.3 Å². The van der Waals surface area contributed by atoms with Crippen molar-refractivity contribution in [1.82, 2.24) is 20.1 Å². The van der Waals surface area contributed by atoms with Crippen LogP contribution in [0.4, 0.5) is 0 Å². The number of amides is 1. The Hall–Kier alpha value is -1.82. The summed E-state index contributed by atoms with van der Waals surface area (Å²) in [4.78, 5) is 11.9. The van der Waals surface area contributed by atoms with Gasteiger partial charge in [-0.05, 0) is 12.0 Å². The van der Waals surface area contributed by atoms with Gasteiger partial charge in [0.2, 0.25) is 5.91 Å². The van der Waals surface area contributed by atoms with Gasteiger partial charge in [-0.1, -0.05) is 61.9 Å². The second kappa shape index (κ2) is 9.25. The minimum Gasteiger partial charge on any atom is -0.351 e. The van der Waals surface area contributed by atoms with Gasteiger partial charge < -0.3 is 9.88 Å². The van der Waals surface area contributed by atoms with Crippen LogP contribution in [0.25, 0.3) is 0 Å². The van der Waals surface area contributed by atoms with E-state index in [4.69, 9.17) is 0 Å². The lowest BCUT2D eigenvalue weighted by Gasteiger charge is -2.07. The van der Waals surface area contributed by atoms with Gasteiger partial charge in [-0.15, -0.1) is 10.2 Å². The molecule has 0 spiro atoms. The Morgan fingerprint density at radius 1 is 1.27 bits per heavy atom. The molecule has 0 bridgehead atoms. The third kappa shape index (κ3) is 5.52. The maximum Gasteiger partial charge on any atom is 0.230 e. The Morgan fingerprint density at radius 3 is 2.86 bits per heavy atom. The van der Waals surface area contributed by atoms with Gasteiger partial charge in [0.25, 0.3) is 0 Å². The average molecular weight is 318 g/mol. The maximum atomic E-state index is 11.9. The summed E-state index contributed by atoms with van der Waals surface area (Å²) in [7, 11) is 0. The van der Waals surface area contributed by atoms with E-state index in [-0.39, 0.29) is 5.91 Å². The number of thioether (sulfide) groups is 1. The highest BCUT2D eigenvalue weighted by Gasteiger charge is 2.08. The number of hydrogen-bond acceptors (Lipinski definition) is 4. The van der Waals surface area contributed by atoms with E-state index in [9.17, 15) is 4.79 Å². The highest BCUT2D eigenvalue weighted by atomic mass is 32.2. The number of unbranched alkanes of at least 4 members (excludes halogenated alkanes) is 2. The lowest BCUT2D eigenvalue weighted by Crippen LogP contribution is -2.24. The molecule has 1 heterocycles. The molecule has 0 unspecified atom stereocenters. The molecule has 0 saturated carbocycles. The molecule has 118 valence electrons. The summed E-state index contributed by atoms with van der Waals surface area (Å²) in [5, 5.41) is 11.7. The van der Waals surface area contributed by atoms with E-state index in [0.717, 1.165) is 23.7 Å². The van der Waals surface area contributed by atoms with Crippen LogP contribution in [0.3, 0.4) is 0 Å². The molecule has 0 aliphatic heterocycles. The standard InChI is InChI=1S/C16H22N4OS/c1-2-3-7-10-20-13-18-19-16(20)22-12-15(21)17-11-14-8-5-4-6-9-14/h4-6,8-9,13H,2-3,7,10-12H2,1H3,(H,17,21). The van der Waals surface area contributed by atoms with E-state index < -0.39 is 0 Å². The molecule has 5 nitrogen and oxygen atoms in total. The Bertz CT molecular complexity index is 571. The summed E-state index contributed by atoms with van der Waals surface area (Å²) in [5.74, 6) is 0.371. The number of nitrogens with zero attached hydrogens (tertiary/aromatic N) is 3. The van der Waals surface area contributed by atoms with Crippen molar-refractivity contribution < 1.29 is 4.79 Å². The molecule has 1 aromatic carbocycles. The summed E-state index contributed by atoms with van der Waals surface area (Å²) >= 11 is 1.43. The molecule has 22 heavy (non-hydrogen) atoms. The van der Waals surface area contributed by atoms with Crippen molar-refractivity contribution in [2.75, 3.05) is 5.75 Å². The maximum absolute atomic E-state index is 11.9. The molecule has 0 atom stereocenters. The van der Waals surface area contributed by atoms with Crippen LogP contribution in [0, 0.1) is 0 Å². The monoisotopic (exact) mass is 318 g/mol. The zero-order valence-electron chi connectivity index (χ0n) is 12.9. The number of aromatic nitrogens is 3. The molecular weight excluding hydrogens is 296 g/mol. The number of nitrogens with one attached hydrogen (secondary N) is 1. The van der Waals surface area contributed by atoms with Crippen LogP contribution >= 0.6 is 11.8 Å². The van der Waals surface area contributed by atoms with Crippen molar-refractivity contribution in [3.63, 3.8) is 0 Å². The van der Waals surface area contributed by atoms with Crippen LogP contribution in [0.15, 0.2) is 41.8 Å². The predicted molar refractivity (Wildman–Crippen MR) is 88.6 cm³/mol. The summed E-state index contributed by atoms with van der Waals surface area (Å²) in [5.41, 5.74) is 1.10. The molecule has 0 aliphatic carbocycles. The minimum atomic E-state index is 0.0111. The minimum absolute atomic E-state index is 0.0111. The van der Waals surface area contributed by atoms with E-state index in [1.807, 2.05) is 34.9 Å². The molecule has 1 amide bonds. The molecule has 1 aromatic heterocycles. The Morgan fingerprint density at radius 2 is 2.09 bits per heavy atom. The largest absolute Gasteiger partial charge is 0.351 e. The molecule has 1 N–H and O–H groups in total. The second-order valence-electron chi connectivity index (χ2n) is 5.07. The van der Waals surface area contributed by atoms with Crippen molar-refractivity contribution in [2.24, 2.45) is 0 Å². The van der Waals surface area contributed by atoms with Gasteiger partial charge in [-0.2, -0.15) is 0 Å². The van der Waals surface area contributed by atoms with Crippen LogP contribution in [-0.2, 0) is 17.9 Å². The van der Waals surface area contributed by atoms with Gasteiger partial charge >= 0.3 is 0 Å². The first-order valence-electron chi connectivity index (χ1n) is 7.61. The van der Waals surface area contributed by atoms with E-state index >= 15 is 0 Å². The zero-order chi connectivity index (χ0) is 15.6. The van der Waals surface area contributed by atoms with Gasteiger partial charge in [0.15, 0.2) is 5.16 Å². The van der Waals surface area contributed by atoms with Crippen LogP contribution in [0.5, 0.6) is 0 Å². The molecule has 0 aliphatic rings. The number of benzene rings is 1. The summed E-state index contributed by atoms with van der Waals surface area (Å²) < 4.78 is 2.02. The Balaban J connectivity index is 1.73. The van der Waals surface area contributed by atoms with Crippen LogP contribution < -0.4 is 5.32 Å².